The van der Waals surface area contributed by atoms with Gasteiger partial charge in [0.15, 0.2) is 5.58 Å². The van der Waals surface area contributed by atoms with Crippen LogP contribution in [0.25, 0.3) is 22.6 Å². The summed E-state index contributed by atoms with van der Waals surface area (Å²) < 4.78 is 10.9. The van der Waals surface area contributed by atoms with E-state index in [1.165, 1.54) is 12.1 Å². The first-order valence-corrected chi connectivity index (χ1v) is 7.66. The minimum atomic E-state index is -0.505. The molecule has 0 saturated carbocycles. The van der Waals surface area contributed by atoms with E-state index in [2.05, 4.69) is 4.98 Å². The van der Waals surface area contributed by atoms with E-state index in [1.54, 1.807) is 36.4 Å². The maximum atomic E-state index is 12.2. The number of carbonyl (C=O) groups is 1. The molecule has 0 amide bonds. The standard InChI is InChI=1S/C20H13NO4/c22-15-4-3-5-16(12-15)24-20(23)14-10-8-13(9-11-14)19-21-17-6-1-2-7-18(17)25-19/h1-12,22H. The molecule has 0 saturated heterocycles. The van der Waals surface area contributed by atoms with E-state index in [0.717, 1.165) is 11.1 Å². The van der Waals surface area contributed by atoms with Crippen LogP contribution in [-0.4, -0.2) is 16.1 Å². The third-order valence-corrected chi connectivity index (χ3v) is 3.69. The van der Waals surface area contributed by atoms with E-state index in [-0.39, 0.29) is 11.5 Å². The average molecular weight is 331 g/mol. The molecule has 0 unspecified atom stereocenters. The highest BCUT2D eigenvalue weighted by atomic mass is 16.5. The molecule has 0 atom stereocenters. The van der Waals surface area contributed by atoms with Crippen molar-refractivity contribution in [1.29, 1.82) is 0 Å². The third-order valence-electron chi connectivity index (χ3n) is 3.69. The van der Waals surface area contributed by atoms with Gasteiger partial charge in [-0.15, -0.1) is 0 Å². The van der Waals surface area contributed by atoms with Crippen LogP contribution in [0.2, 0.25) is 0 Å². The molecule has 0 aliphatic carbocycles. The van der Waals surface area contributed by atoms with Gasteiger partial charge in [-0.3, -0.25) is 0 Å². The van der Waals surface area contributed by atoms with E-state index < -0.39 is 5.97 Å². The Morgan fingerprint density at radius 1 is 0.960 bits per heavy atom. The first kappa shape index (κ1) is 15.0. The molecular weight excluding hydrogens is 318 g/mol. The molecule has 0 aliphatic heterocycles. The quantitative estimate of drug-likeness (QED) is 0.444. The fraction of sp³-hybridized carbons (Fsp3) is 0. The highest BCUT2D eigenvalue weighted by molar-refractivity contribution is 5.91. The summed E-state index contributed by atoms with van der Waals surface area (Å²) in [5.41, 5.74) is 2.66. The zero-order valence-corrected chi connectivity index (χ0v) is 13.0. The Bertz CT molecular complexity index is 1020. The second kappa shape index (κ2) is 6.13. The molecule has 4 rings (SSSR count). The summed E-state index contributed by atoms with van der Waals surface area (Å²) in [4.78, 5) is 16.6. The van der Waals surface area contributed by atoms with Gasteiger partial charge < -0.3 is 14.3 Å². The van der Waals surface area contributed by atoms with Crippen LogP contribution >= 0.6 is 0 Å². The number of aromatic hydroxyl groups is 1. The topological polar surface area (TPSA) is 72.6 Å². The van der Waals surface area contributed by atoms with Gasteiger partial charge in [-0.1, -0.05) is 18.2 Å². The van der Waals surface area contributed by atoms with Crippen molar-refractivity contribution in [1.82, 2.24) is 4.98 Å². The van der Waals surface area contributed by atoms with Crippen molar-refractivity contribution in [2.45, 2.75) is 0 Å². The number of hydrogen-bond acceptors (Lipinski definition) is 5. The van der Waals surface area contributed by atoms with Crippen molar-refractivity contribution in [2.24, 2.45) is 0 Å². The first-order valence-electron chi connectivity index (χ1n) is 7.66. The Morgan fingerprint density at radius 3 is 2.52 bits per heavy atom. The summed E-state index contributed by atoms with van der Waals surface area (Å²) in [6.07, 6.45) is 0. The number of phenols is 1. The molecule has 3 aromatic carbocycles. The van der Waals surface area contributed by atoms with Crippen molar-refractivity contribution in [3.05, 3.63) is 78.4 Å². The van der Waals surface area contributed by atoms with Crippen molar-refractivity contribution >= 4 is 17.1 Å². The van der Waals surface area contributed by atoms with E-state index in [1.807, 2.05) is 24.3 Å². The lowest BCUT2D eigenvalue weighted by Crippen LogP contribution is -2.08. The van der Waals surface area contributed by atoms with Crippen LogP contribution in [0.3, 0.4) is 0 Å². The number of para-hydroxylation sites is 2. The van der Waals surface area contributed by atoms with Crippen LogP contribution in [-0.2, 0) is 0 Å². The maximum Gasteiger partial charge on any atom is 0.343 e. The molecule has 0 aliphatic rings. The summed E-state index contributed by atoms with van der Waals surface area (Å²) in [5.74, 6) is 0.313. The SMILES string of the molecule is O=C(Oc1cccc(O)c1)c1ccc(-c2nc3ccccc3o2)cc1. The number of phenolic OH excluding ortho intramolecular Hbond substituents is 1. The van der Waals surface area contributed by atoms with Crippen molar-refractivity contribution < 1.29 is 19.1 Å². The molecule has 5 nitrogen and oxygen atoms in total. The lowest BCUT2D eigenvalue weighted by atomic mass is 10.1. The number of ether oxygens (including phenoxy) is 1. The van der Waals surface area contributed by atoms with Crippen molar-refractivity contribution in [2.75, 3.05) is 0 Å². The molecule has 0 bridgehead atoms. The van der Waals surface area contributed by atoms with Crippen LogP contribution in [0.4, 0.5) is 0 Å². The van der Waals surface area contributed by atoms with Crippen molar-refractivity contribution in [3.63, 3.8) is 0 Å². The normalized spacial score (nSPS) is 10.7. The molecule has 0 radical (unpaired) electrons. The van der Waals surface area contributed by atoms with Gasteiger partial charge >= 0.3 is 5.97 Å². The molecule has 1 aromatic heterocycles. The monoisotopic (exact) mass is 331 g/mol. The van der Waals surface area contributed by atoms with E-state index in [9.17, 15) is 9.90 Å². The summed E-state index contributed by atoms with van der Waals surface area (Å²) in [5, 5.41) is 9.41. The van der Waals surface area contributed by atoms with Gasteiger partial charge in [0.2, 0.25) is 5.89 Å². The summed E-state index contributed by atoms with van der Waals surface area (Å²) in [7, 11) is 0. The fourth-order valence-corrected chi connectivity index (χ4v) is 2.46. The minimum absolute atomic E-state index is 0.0385. The molecule has 4 aromatic rings. The van der Waals surface area contributed by atoms with Crippen LogP contribution < -0.4 is 4.74 Å². The zero-order valence-electron chi connectivity index (χ0n) is 13.0. The van der Waals surface area contributed by atoms with Gasteiger partial charge in [0.1, 0.15) is 17.0 Å². The Kier molecular flexibility index (Phi) is 3.67. The van der Waals surface area contributed by atoms with E-state index in [0.29, 0.717) is 17.0 Å². The molecular formula is C20H13NO4. The number of rotatable bonds is 3. The highest BCUT2D eigenvalue weighted by Gasteiger charge is 2.12. The van der Waals surface area contributed by atoms with E-state index in [4.69, 9.17) is 9.15 Å². The number of carbonyl (C=O) groups excluding carboxylic acids is 1. The smallest absolute Gasteiger partial charge is 0.343 e. The Balaban J connectivity index is 1.56. The van der Waals surface area contributed by atoms with Crippen LogP contribution in [0, 0.1) is 0 Å². The summed E-state index contributed by atoms with van der Waals surface area (Å²) >= 11 is 0. The largest absolute Gasteiger partial charge is 0.508 e. The second-order valence-electron chi connectivity index (χ2n) is 5.45. The van der Waals surface area contributed by atoms with Crippen LogP contribution in [0.1, 0.15) is 10.4 Å². The Hall–Kier alpha value is -3.60. The van der Waals surface area contributed by atoms with Crippen LogP contribution in [0.5, 0.6) is 11.5 Å². The highest BCUT2D eigenvalue weighted by Crippen LogP contribution is 2.25. The number of fused-ring (bicyclic) bond motifs is 1. The van der Waals surface area contributed by atoms with Gasteiger partial charge in [-0.2, -0.15) is 0 Å². The molecule has 0 spiro atoms. The number of nitrogens with zero attached hydrogens (tertiary/aromatic N) is 1. The van der Waals surface area contributed by atoms with Gasteiger partial charge in [-0.05, 0) is 48.5 Å². The fourth-order valence-electron chi connectivity index (χ4n) is 2.46. The maximum absolute atomic E-state index is 12.2. The predicted molar refractivity (Wildman–Crippen MR) is 92.5 cm³/mol. The molecule has 0 fully saturated rings. The molecule has 1 heterocycles. The average Bonchev–Trinajstić information content (AvgIpc) is 3.06. The minimum Gasteiger partial charge on any atom is -0.508 e. The third kappa shape index (κ3) is 3.07. The Morgan fingerprint density at radius 2 is 1.76 bits per heavy atom. The van der Waals surface area contributed by atoms with Gasteiger partial charge in [0.25, 0.3) is 0 Å². The second-order valence-corrected chi connectivity index (χ2v) is 5.45. The summed E-state index contributed by atoms with van der Waals surface area (Å²) in [6.45, 7) is 0. The number of benzene rings is 3. The lowest BCUT2D eigenvalue weighted by molar-refractivity contribution is 0.0734. The summed E-state index contributed by atoms with van der Waals surface area (Å²) in [6, 6.07) is 20.4. The zero-order chi connectivity index (χ0) is 17.2. The van der Waals surface area contributed by atoms with E-state index >= 15 is 0 Å². The first-order chi connectivity index (χ1) is 12.2. The molecule has 1 N–H and O–H groups in total. The van der Waals surface area contributed by atoms with Crippen LogP contribution in [0.15, 0.2) is 77.2 Å². The van der Waals surface area contributed by atoms with Crippen molar-refractivity contribution in [3.8, 4) is 23.0 Å². The number of aromatic nitrogens is 1. The lowest BCUT2D eigenvalue weighted by Gasteiger charge is -2.05. The predicted octanol–water partition coefficient (Wildman–Crippen LogP) is 4.42. The number of oxazole rings is 1. The van der Waals surface area contributed by atoms with Gasteiger partial charge in [0, 0.05) is 11.6 Å². The molecule has 25 heavy (non-hydrogen) atoms. The Labute approximate surface area is 143 Å². The number of esters is 1. The van der Waals surface area contributed by atoms with Gasteiger partial charge in [0.05, 0.1) is 5.56 Å². The van der Waals surface area contributed by atoms with Gasteiger partial charge in [-0.25, -0.2) is 9.78 Å². The number of hydrogen-bond donors (Lipinski definition) is 1. The molecule has 122 valence electrons. The molecule has 5 heteroatoms.